The maximum atomic E-state index is 13.8. The van der Waals surface area contributed by atoms with E-state index in [1.54, 1.807) is 36.5 Å². The lowest BCUT2D eigenvalue weighted by molar-refractivity contribution is -0.137. The molecule has 5 rings (SSSR count). The van der Waals surface area contributed by atoms with E-state index in [1.807, 2.05) is 54.8 Å². The van der Waals surface area contributed by atoms with Gasteiger partial charge < -0.3 is 5.32 Å². The van der Waals surface area contributed by atoms with Crippen molar-refractivity contribution in [2.24, 2.45) is 0 Å². The van der Waals surface area contributed by atoms with Crippen LogP contribution in [0.25, 0.3) is 28.0 Å². The number of hydrogen-bond acceptors (Lipinski definition) is 2. The van der Waals surface area contributed by atoms with Crippen LogP contribution < -0.4 is 5.32 Å². The van der Waals surface area contributed by atoms with Crippen molar-refractivity contribution in [3.63, 3.8) is 0 Å². The molecule has 1 N–H and O–H groups in total. The highest BCUT2D eigenvalue weighted by Crippen LogP contribution is 2.36. The molecule has 0 aliphatic carbocycles. The summed E-state index contributed by atoms with van der Waals surface area (Å²) in [6, 6.07) is 22.1. The van der Waals surface area contributed by atoms with Crippen molar-refractivity contribution in [1.82, 2.24) is 9.38 Å². The van der Waals surface area contributed by atoms with E-state index >= 15 is 0 Å². The van der Waals surface area contributed by atoms with Gasteiger partial charge in [-0.05, 0) is 55.8 Å². The maximum Gasteiger partial charge on any atom is 0.417 e. The number of alkyl halides is 3. The van der Waals surface area contributed by atoms with E-state index in [1.165, 1.54) is 12.1 Å². The number of amides is 1. The maximum absolute atomic E-state index is 13.8. The number of anilines is 1. The summed E-state index contributed by atoms with van der Waals surface area (Å²) in [5.74, 6) is -0.103. The average Bonchev–Trinajstić information content (AvgIpc) is 3.29. The molecule has 0 fully saturated rings. The summed E-state index contributed by atoms with van der Waals surface area (Å²) in [5.41, 5.74) is 3.86. The number of benzene rings is 3. The van der Waals surface area contributed by atoms with Crippen LogP contribution in [0, 0.1) is 13.8 Å². The molecule has 0 bridgehead atoms. The molecule has 0 radical (unpaired) electrons. The van der Waals surface area contributed by atoms with Crippen molar-refractivity contribution in [1.29, 1.82) is 0 Å². The van der Waals surface area contributed by atoms with Crippen LogP contribution in [0.5, 0.6) is 0 Å². The number of fused-ring (bicyclic) bond motifs is 1. The van der Waals surface area contributed by atoms with Gasteiger partial charge in [0.2, 0.25) is 0 Å². The summed E-state index contributed by atoms with van der Waals surface area (Å²) in [5, 5.41) is 2.59. The average molecular weight is 486 g/mol. The molecule has 180 valence electrons. The Morgan fingerprint density at radius 1 is 0.861 bits per heavy atom. The standard InChI is InChI=1S/C29H22F3N3O/c1-18-8-11-22(12-9-18)34-28(36)24-16-20(10-13-25(24)29(30,31)32)23-7-4-14-35-26(23)17-33-27(35)21-6-3-5-19(2)15-21/h3-17H,1-2H3,(H,34,36). The zero-order chi connectivity index (χ0) is 25.4. The summed E-state index contributed by atoms with van der Waals surface area (Å²) in [6.45, 7) is 3.88. The number of carbonyl (C=O) groups is 1. The van der Waals surface area contributed by atoms with Gasteiger partial charge in [-0.15, -0.1) is 0 Å². The molecule has 0 unspecified atom stereocenters. The molecule has 0 saturated heterocycles. The van der Waals surface area contributed by atoms with E-state index in [4.69, 9.17) is 0 Å². The van der Waals surface area contributed by atoms with Gasteiger partial charge in [-0.1, -0.05) is 53.6 Å². The third-order valence-electron chi connectivity index (χ3n) is 6.04. The predicted molar refractivity (Wildman–Crippen MR) is 135 cm³/mol. The number of nitrogens with zero attached hydrogens (tertiary/aromatic N) is 2. The Morgan fingerprint density at radius 3 is 2.36 bits per heavy atom. The van der Waals surface area contributed by atoms with Crippen LogP contribution in [-0.4, -0.2) is 15.3 Å². The molecule has 2 heterocycles. The minimum atomic E-state index is -4.68. The van der Waals surface area contributed by atoms with Gasteiger partial charge in [0, 0.05) is 23.0 Å². The highest BCUT2D eigenvalue weighted by Gasteiger charge is 2.35. The molecule has 3 aromatic carbocycles. The molecule has 0 atom stereocenters. The third kappa shape index (κ3) is 4.47. The quantitative estimate of drug-likeness (QED) is 0.286. The lowest BCUT2D eigenvalue weighted by atomic mass is 9.98. The summed E-state index contributed by atoms with van der Waals surface area (Å²) < 4.78 is 43.3. The van der Waals surface area contributed by atoms with Crippen molar-refractivity contribution in [3.8, 4) is 22.5 Å². The largest absolute Gasteiger partial charge is 0.417 e. The number of rotatable bonds is 4. The number of hydrogen-bond donors (Lipinski definition) is 1. The van der Waals surface area contributed by atoms with Gasteiger partial charge >= 0.3 is 6.18 Å². The Morgan fingerprint density at radius 2 is 1.64 bits per heavy atom. The van der Waals surface area contributed by atoms with Crippen molar-refractivity contribution in [3.05, 3.63) is 114 Å². The fraction of sp³-hybridized carbons (Fsp3) is 0.103. The molecule has 2 aromatic heterocycles. The second-order valence-corrected chi connectivity index (χ2v) is 8.71. The highest BCUT2D eigenvalue weighted by atomic mass is 19.4. The molecular formula is C29H22F3N3O. The van der Waals surface area contributed by atoms with E-state index in [0.29, 0.717) is 16.8 Å². The third-order valence-corrected chi connectivity index (χ3v) is 6.04. The van der Waals surface area contributed by atoms with Gasteiger partial charge in [-0.25, -0.2) is 4.98 Å². The fourth-order valence-electron chi connectivity index (χ4n) is 4.25. The second-order valence-electron chi connectivity index (χ2n) is 8.71. The normalized spacial score (nSPS) is 11.6. The SMILES string of the molecule is Cc1ccc(NC(=O)c2cc(-c3cccn4c(-c5cccc(C)c5)ncc34)ccc2C(F)(F)F)cc1. The summed E-state index contributed by atoms with van der Waals surface area (Å²) >= 11 is 0. The predicted octanol–water partition coefficient (Wildman–Crippen LogP) is 7.56. The number of nitrogens with one attached hydrogen (secondary N) is 1. The number of carbonyl (C=O) groups excluding carboxylic acids is 1. The van der Waals surface area contributed by atoms with Crippen molar-refractivity contribution >= 4 is 17.1 Å². The van der Waals surface area contributed by atoms with Crippen LogP contribution in [0.4, 0.5) is 18.9 Å². The van der Waals surface area contributed by atoms with E-state index < -0.39 is 23.2 Å². The van der Waals surface area contributed by atoms with Gasteiger partial charge in [0.1, 0.15) is 5.82 Å². The highest BCUT2D eigenvalue weighted by molar-refractivity contribution is 6.06. The Balaban J connectivity index is 1.60. The molecule has 0 aliphatic rings. The number of halogens is 3. The zero-order valence-electron chi connectivity index (χ0n) is 19.6. The minimum Gasteiger partial charge on any atom is -0.322 e. The molecule has 36 heavy (non-hydrogen) atoms. The molecule has 5 aromatic rings. The van der Waals surface area contributed by atoms with Crippen LogP contribution in [0.1, 0.15) is 27.0 Å². The Kier molecular flexibility index (Phi) is 5.84. The first-order valence-electron chi connectivity index (χ1n) is 11.3. The van der Waals surface area contributed by atoms with Gasteiger partial charge in [0.15, 0.2) is 0 Å². The van der Waals surface area contributed by atoms with Gasteiger partial charge in [-0.3, -0.25) is 9.20 Å². The van der Waals surface area contributed by atoms with Gasteiger partial charge in [-0.2, -0.15) is 13.2 Å². The topological polar surface area (TPSA) is 46.4 Å². The van der Waals surface area contributed by atoms with Gasteiger partial charge in [0.25, 0.3) is 5.91 Å². The molecule has 0 saturated carbocycles. The van der Waals surface area contributed by atoms with Crippen molar-refractivity contribution < 1.29 is 18.0 Å². The van der Waals surface area contributed by atoms with E-state index in [0.717, 1.165) is 34.1 Å². The number of imidazole rings is 1. The molecular weight excluding hydrogens is 463 g/mol. The first-order valence-corrected chi connectivity index (χ1v) is 11.3. The van der Waals surface area contributed by atoms with E-state index in [-0.39, 0.29) is 0 Å². The number of pyridine rings is 1. The van der Waals surface area contributed by atoms with E-state index in [2.05, 4.69) is 10.3 Å². The first-order chi connectivity index (χ1) is 17.2. The number of aryl methyl sites for hydroxylation is 2. The van der Waals surface area contributed by atoms with Gasteiger partial charge in [0.05, 0.1) is 22.8 Å². The molecule has 7 heteroatoms. The van der Waals surface area contributed by atoms with Crippen molar-refractivity contribution in [2.45, 2.75) is 20.0 Å². The van der Waals surface area contributed by atoms with E-state index in [9.17, 15) is 18.0 Å². The van der Waals surface area contributed by atoms with Crippen LogP contribution in [0.3, 0.4) is 0 Å². The molecule has 4 nitrogen and oxygen atoms in total. The lowest BCUT2D eigenvalue weighted by Crippen LogP contribution is -2.19. The fourth-order valence-corrected chi connectivity index (χ4v) is 4.25. The zero-order valence-corrected chi connectivity index (χ0v) is 19.6. The monoisotopic (exact) mass is 485 g/mol. The van der Waals surface area contributed by atoms with Crippen LogP contribution >= 0.6 is 0 Å². The summed E-state index contributed by atoms with van der Waals surface area (Å²) in [6.07, 6.45) is -1.13. The first kappa shape index (κ1) is 23.4. The smallest absolute Gasteiger partial charge is 0.322 e. The van der Waals surface area contributed by atoms with Crippen molar-refractivity contribution in [2.75, 3.05) is 5.32 Å². The Labute approximate surface area is 206 Å². The number of aromatic nitrogens is 2. The minimum absolute atomic E-state index is 0.421. The van der Waals surface area contributed by atoms with Crippen LogP contribution in [0.2, 0.25) is 0 Å². The van der Waals surface area contributed by atoms with Crippen LogP contribution in [-0.2, 0) is 6.18 Å². The lowest BCUT2D eigenvalue weighted by Gasteiger charge is -2.15. The molecule has 1 amide bonds. The van der Waals surface area contributed by atoms with Crippen LogP contribution in [0.15, 0.2) is 91.3 Å². The second kappa shape index (κ2) is 9.00. The summed E-state index contributed by atoms with van der Waals surface area (Å²) in [7, 11) is 0. The summed E-state index contributed by atoms with van der Waals surface area (Å²) in [4.78, 5) is 17.6. The molecule has 0 aliphatic heterocycles. The molecule has 0 spiro atoms. The Hall–Kier alpha value is -4.39. The Bertz CT molecular complexity index is 1580.